The Kier molecular flexibility index (Phi) is 2.82. The zero-order valence-corrected chi connectivity index (χ0v) is 8.88. The lowest BCUT2D eigenvalue weighted by Crippen LogP contribution is -2.27. The fourth-order valence-corrected chi connectivity index (χ4v) is 1.79. The minimum absolute atomic E-state index is 0.392. The van der Waals surface area contributed by atoms with Crippen molar-refractivity contribution in [1.29, 1.82) is 0 Å². The summed E-state index contributed by atoms with van der Waals surface area (Å²) >= 11 is 0. The number of H-pyrrole nitrogens is 1. The smallest absolute Gasteiger partial charge is 0.153 e. The predicted molar refractivity (Wildman–Crippen MR) is 55.1 cm³/mol. The average Bonchev–Trinajstić information content (AvgIpc) is 2.68. The molecule has 0 bridgehead atoms. The maximum atomic E-state index is 4.50. The first-order valence-electron chi connectivity index (χ1n) is 5.43. The van der Waals surface area contributed by atoms with Crippen LogP contribution in [0.2, 0.25) is 0 Å². The van der Waals surface area contributed by atoms with E-state index < -0.39 is 0 Å². The third-order valence-electron chi connectivity index (χ3n) is 2.68. The lowest BCUT2D eigenvalue weighted by Gasteiger charge is -2.20. The van der Waals surface area contributed by atoms with Gasteiger partial charge in [-0.25, -0.2) is 4.98 Å². The van der Waals surface area contributed by atoms with E-state index in [1.165, 1.54) is 19.3 Å². The highest BCUT2D eigenvalue weighted by molar-refractivity contribution is 5.00. The lowest BCUT2D eigenvalue weighted by atomic mass is 10.0. The molecular formula is C10H18N4. The Morgan fingerprint density at radius 1 is 1.36 bits per heavy atom. The summed E-state index contributed by atoms with van der Waals surface area (Å²) < 4.78 is 0. The summed E-state index contributed by atoms with van der Waals surface area (Å²) in [6.45, 7) is 5.32. The van der Waals surface area contributed by atoms with Crippen LogP contribution in [0, 0.1) is 0 Å². The minimum atomic E-state index is 0.392. The molecule has 0 spiro atoms. The van der Waals surface area contributed by atoms with Crippen LogP contribution < -0.4 is 5.32 Å². The van der Waals surface area contributed by atoms with Gasteiger partial charge in [-0.2, -0.15) is 5.10 Å². The molecule has 2 rings (SSSR count). The maximum absolute atomic E-state index is 4.50. The number of nitrogens with one attached hydrogen (secondary N) is 2. The summed E-state index contributed by atoms with van der Waals surface area (Å²) in [6.07, 6.45) is 3.74. The maximum Gasteiger partial charge on any atom is 0.153 e. The number of aromatic nitrogens is 3. The Balaban J connectivity index is 2.07. The topological polar surface area (TPSA) is 53.6 Å². The van der Waals surface area contributed by atoms with Gasteiger partial charge < -0.3 is 5.32 Å². The lowest BCUT2D eigenvalue weighted by molar-refractivity contribution is 0.398. The molecule has 1 aliphatic rings. The van der Waals surface area contributed by atoms with Gasteiger partial charge in [0.05, 0.1) is 6.04 Å². The van der Waals surface area contributed by atoms with Gasteiger partial charge >= 0.3 is 0 Å². The van der Waals surface area contributed by atoms with E-state index in [1.54, 1.807) is 0 Å². The number of aromatic amines is 1. The van der Waals surface area contributed by atoms with Gasteiger partial charge in [0.2, 0.25) is 0 Å². The second-order valence-electron chi connectivity index (χ2n) is 4.24. The van der Waals surface area contributed by atoms with Crippen molar-refractivity contribution >= 4 is 0 Å². The van der Waals surface area contributed by atoms with Crippen LogP contribution in [0.5, 0.6) is 0 Å². The SMILES string of the molecule is CC(C)c1n[nH]c([C@H]2CCCCN2)n1. The fraction of sp³-hybridized carbons (Fsp3) is 0.800. The summed E-state index contributed by atoms with van der Waals surface area (Å²) in [5.74, 6) is 2.34. The number of hydrogen-bond donors (Lipinski definition) is 2. The van der Waals surface area contributed by atoms with Gasteiger partial charge in [-0.05, 0) is 19.4 Å². The third-order valence-corrected chi connectivity index (χ3v) is 2.68. The molecule has 0 saturated carbocycles. The molecule has 78 valence electrons. The molecule has 0 aromatic carbocycles. The van der Waals surface area contributed by atoms with E-state index in [4.69, 9.17) is 0 Å². The van der Waals surface area contributed by atoms with Crippen molar-refractivity contribution in [2.75, 3.05) is 6.54 Å². The molecule has 14 heavy (non-hydrogen) atoms. The molecule has 0 aliphatic carbocycles. The molecular weight excluding hydrogens is 176 g/mol. The van der Waals surface area contributed by atoms with Crippen molar-refractivity contribution in [3.63, 3.8) is 0 Å². The molecule has 0 radical (unpaired) electrons. The Morgan fingerprint density at radius 3 is 2.79 bits per heavy atom. The van der Waals surface area contributed by atoms with Gasteiger partial charge in [0, 0.05) is 5.92 Å². The molecule has 4 nitrogen and oxygen atoms in total. The van der Waals surface area contributed by atoms with Crippen molar-refractivity contribution in [2.45, 2.75) is 45.1 Å². The van der Waals surface area contributed by atoms with Crippen LogP contribution in [-0.2, 0) is 0 Å². The quantitative estimate of drug-likeness (QED) is 0.754. The largest absolute Gasteiger partial charge is 0.307 e. The first-order chi connectivity index (χ1) is 6.77. The zero-order valence-electron chi connectivity index (χ0n) is 8.88. The molecule has 1 aromatic rings. The second kappa shape index (κ2) is 4.09. The number of piperidine rings is 1. The Morgan fingerprint density at radius 2 is 2.21 bits per heavy atom. The van der Waals surface area contributed by atoms with Crippen molar-refractivity contribution in [3.05, 3.63) is 11.6 Å². The standard InChI is InChI=1S/C10H18N4/c1-7(2)9-12-10(14-13-9)8-5-3-4-6-11-8/h7-8,11H,3-6H2,1-2H3,(H,12,13,14)/t8-/m1/s1. The van der Waals surface area contributed by atoms with Gasteiger partial charge in [-0.1, -0.05) is 20.3 Å². The average molecular weight is 194 g/mol. The van der Waals surface area contributed by atoms with Crippen LogP contribution in [0.4, 0.5) is 0 Å². The van der Waals surface area contributed by atoms with Crippen LogP contribution in [0.3, 0.4) is 0 Å². The number of nitrogens with zero attached hydrogens (tertiary/aromatic N) is 2. The van der Waals surface area contributed by atoms with Crippen molar-refractivity contribution in [3.8, 4) is 0 Å². The summed E-state index contributed by atoms with van der Waals surface area (Å²) in [5, 5.41) is 10.7. The second-order valence-corrected chi connectivity index (χ2v) is 4.24. The van der Waals surface area contributed by atoms with Crippen LogP contribution in [0.1, 0.15) is 56.7 Å². The van der Waals surface area contributed by atoms with E-state index in [1.807, 2.05) is 0 Å². The summed E-state index contributed by atoms with van der Waals surface area (Å²) in [4.78, 5) is 4.50. The molecule has 1 aromatic heterocycles. The fourth-order valence-electron chi connectivity index (χ4n) is 1.79. The first-order valence-corrected chi connectivity index (χ1v) is 5.43. The van der Waals surface area contributed by atoms with Crippen molar-refractivity contribution < 1.29 is 0 Å². The van der Waals surface area contributed by atoms with E-state index in [-0.39, 0.29) is 0 Å². The minimum Gasteiger partial charge on any atom is -0.307 e. The molecule has 1 atom stereocenters. The third kappa shape index (κ3) is 1.95. The van der Waals surface area contributed by atoms with Gasteiger partial charge in [-0.15, -0.1) is 0 Å². The van der Waals surface area contributed by atoms with E-state index in [0.717, 1.165) is 18.2 Å². The van der Waals surface area contributed by atoms with Gasteiger partial charge in [0.25, 0.3) is 0 Å². The zero-order chi connectivity index (χ0) is 9.97. The van der Waals surface area contributed by atoms with Gasteiger partial charge in [0.1, 0.15) is 5.82 Å². The first kappa shape index (κ1) is 9.65. The van der Waals surface area contributed by atoms with Crippen LogP contribution in [-0.4, -0.2) is 21.7 Å². The highest BCUT2D eigenvalue weighted by Gasteiger charge is 2.18. The van der Waals surface area contributed by atoms with Gasteiger partial charge in [-0.3, -0.25) is 5.10 Å². The Labute approximate surface area is 84.5 Å². The van der Waals surface area contributed by atoms with E-state index >= 15 is 0 Å². The molecule has 2 N–H and O–H groups in total. The molecule has 1 aliphatic heterocycles. The van der Waals surface area contributed by atoms with E-state index in [9.17, 15) is 0 Å². The number of hydrogen-bond acceptors (Lipinski definition) is 3. The molecule has 0 amide bonds. The molecule has 4 heteroatoms. The molecule has 1 saturated heterocycles. The van der Waals surface area contributed by atoms with Crippen LogP contribution >= 0.6 is 0 Å². The number of rotatable bonds is 2. The summed E-state index contributed by atoms with van der Waals surface area (Å²) in [5.41, 5.74) is 0. The van der Waals surface area contributed by atoms with Crippen LogP contribution in [0.15, 0.2) is 0 Å². The monoisotopic (exact) mass is 194 g/mol. The highest BCUT2D eigenvalue weighted by Crippen LogP contribution is 2.20. The van der Waals surface area contributed by atoms with E-state index in [2.05, 4.69) is 34.3 Å². The van der Waals surface area contributed by atoms with E-state index in [0.29, 0.717) is 12.0 Å². The van der Waals surface area contributed by atoms with Gasteiger partial charge in [0.15, 0.2) is 5.82 Å². The Bertz CT molecular complexity index is 286. The molecule has 0 unspecified atom stereocenters. The highest BCUT2D eigenvalue weighted by atomic mass is 15.2. The van der Waals surface area contributed by atoms with Crippen molar-refractivity contribution in [1.82, 2.24) is 20.5 Å². The Hall–Kier alpha value is -0.900. The van der Waals surface area contributed by atoms with Crippen molar-refractivity contribution in [2.24, 2.45) is 0 Å². The molecule has 2 heterocycles. The molecule has 1 fully saturated rings. The predicted octanol–water partition coefficient (Wildman–Crippen LogP) is 1.74. The summed E-state index contributed by atoms with van der Waals surface area (Å²) in [7, 11) is 0. The summed E-state index contributed by atoms with van der Waals surface area (Å²) in [6, 6.07) is 0.392. The normalized spacial score (nSPS) is 22.9. The van der Waals surface area contributed by atoms with Crippen LogP contribution in [0.25, 0.3) is 0 Å².